The third-order valence-electron chi connectivity index (χ3n) is 2.01. The third kappa shape index (κ3) is 1.17. The first-order chi connectivity index (χ1) is 6.17. The van der Waals surface area contributed by atoms with E-state index in [1.165, 1.54) is 0 Å². The lowest BCUT2D eigenvalue weighted by Gasteiger charge is -2.18. The molecule has 1 heterocycles. The van der Waals surface area contributed by atoms with Gasteiger partial charge in [0.1, 0.15) is 0 Å². The zero-order valence-electron chi connectivity index (χ0n) is 6.66. The molecule has 1 aromatic carbocycles. The summed E-state index contributed by atoms with van der Waals surface area (Å²) in [4.78, 5) is 11.2. The third-order valence-corrected chi connectivity index (χ3v) is 2.77. The Hall–Kier alpha value is -0.870. The molecule has 0 aliphatic carbocycles. The molecule has 2 rings (SSSR count). The molecule has 0 radical (unpaired) electrons. The summed E-state index contributed by atoms with van der Waals surface area (Å²) in [5.74, 6) is -1.97. The van der Waals surface area contributed by atoms with Crippen LogP contribution in [0, 0.1) is 0 Å². The number of halogens is 1. The molecule has 0 amide bonds. The average molecular weight is 243 g/mol. The molecule has 0 fully saturated rings. The summed E-state index contributed by atoms with van der Waals surface area (Å²) in [5.41, 5.74) is 0.960. The van der Waals surface area contributed by atoms with Crippen LogP contribution in [0.3, 0.4) is 0 Å². The highest BCUT2D eigenvalue weighted by Crippen LogP contribution is 2.35. The number of hydrogen-bond acceptors (Lipinski definition) is 3. The molecule has 1 aliphatic rings. The van der Waals surface area contributed by atoms with Gasteiger partial charge < -0.3 is 9.84 Å². The Bertz CT molecular complexity index is 364. The number of alkyl halides is 1. The minimum Gasteiger partial charge on any atom is -0.424 e. The predicted octanol–water partition coefficient (Wildman–Crippen LogP) is 1.40. The molecular formula is C9H7BrO3. The first-order valence-corrected chi connectivity index (χ1v) is 4.91. The van der Waals surface area contributed by atoms with Crippen molar-refractivity contribution in [2.45, 2.75) is 5.79 Å². The zero-order valence-corrected chi connectivity index (χ0v) is 8.24. The second-order valence-electron chi connectivity index (χ2n) is 2.85. The van der Waals surface area contributed by atoms with Crippen molar-refractivity contribution in [3.8, 4) is 0 Å². The number of carbonyl (C=O) groups is 1. The lowest BCUT2D eigenvalue weighted by atomic mass is 10.0. The molecule has 1 aliphatic heterocycles. The number of carbonyl (C=O) groups excluding carboxylic acids is 1. The quantitative estimate of drug-likeness (QED) is 0.599. The number of aliphatic hydroxyl groups is 1. The van der Waals surface area contributed by atoms with Gasteiger partial charge in [-0.05, 0) is 6.07 Å². The van der Waals surface area contributed by atoms with Crippen molar-refractivity contribution in [3.05, 3.63) is 35.4 Å². The van der Waals surface area contributed by atoms with Crippen molar-refractivity contribution in [1.29, 1.82) is 0 Å². The van der Waals surface area contributed by atoms with E-state index in [0.29, 0.717) is 11.1 Å². The number of ether oxygens (including phenoxy) is 1. The van der Waals surface area contributed by atoms with Crippen molar-refractivity contribution in [2.75, 3.05) is 5.33 Å². The zero-order chi connectivity index (χ0) is 9.47. The van der Waals surface area contributed by atoms with Gasteiger partial charge in [-0.2, -0.15) is 0 Å². The summed E-state index contributed by atoms with van der Waals surface area (Å²) in [6, 6.07) is 6.81. The minimum atomic E-state index is -1.49. The molecule has 1 atom stereocenters. The van der Waals surface area contributed by atoms with Gasteiger partial charge in [-0.25, -0.2) is 4.79 Å². The number of esters is 1. The highest BCUT2D eigenvalue weighted by molar-refractivity contribution is 9.09. The Kier molecular flexibility index (Phi) is 1.89. The highest BCUT2D eigenvalue weighted by Gasteiger charge is 2.42. The fourth-order valence-electron chi connectivity index (χ4n) is 1.36. The fourth-order valence-corrected chi connectivity index (χ4v) is 1.78. The number of rotatable bonds is 1. The molecule has 0 aromatic heterocycles. The molecule has 0 bridgehead atoms. The van der Waals surface area contributed by atoms with Crippen LogP contribution in [0.25, 0.3) is 0 Å². The van der Waals surface area contributed by atoms with Crippen LogP contribution in [0.4, 0.5) is 0 Å². The number of hydrogen-bond donors (Lipinski definition) is 1. The van der Waals surface area contributed by atoms with E-state index in [2.05, 4.69) is 15.9 Å². The molecule has 13 heavy (non-hydrogen) atoms. The Morgan fingerprint density at radius 2 is 2.15 bits per heavy atom. The molecule has 1 unspecified atom stereocenters. The molecule has 4 heteroatoms. The Labute approximate surface area is 83.5 Å². The van der Waals surface area contributed by atoms with E-state index in [9.17, 15) is 9.90 Å². The van der Waals surface area contributed by atoms with E-state index in [1.54, 1.807) is 24.3 Å². The van der Waals surface area contributed by atoms with Crippen LogP contribution in [-0.4, -0.2) is 16.4 Å². The summed E-state index contributed by atoms with van der Waals surface area (Å²) in [6.45, 7) is 0. The van der Waals surface area contributed by atoms with Gasteiger partial charge >= 0.3 is 5.97 Å². The van der Waals surface area contributed by atoms with Crippen molar-refractivity contribution in [2.24, 2.45) is 0 Å². The van der Waals surface area contributed by atoms with Gasteiger partial charge in [-0.1, -0.05) is 34.1 Å². The molecule has 0 saturated carbocycles. The first kappa shape index (κ1) is 8.72. The minimum absolute atomic E-state index is 0.183. The van der Waals surface area contributed by atoms with E-state index in [-0.39, 0.29) is 5.33 Å². The molecular weight excluding hydrogens is 236 g/mol. The highest BCUT2D eigenvalue weighted by atomic mass is 79.9. The molecule has 68 valence electrons. The number of cyclic esters (lactones) is 1. The van der Waals surface area contributed by atoms with E-state index < -0.39 is 11.8 Å². The van der Waals surface area contributed by atoms with Crippen LogP contribution in [0.2, 0.25) is 0 Å². The summed E-state index contributed by atoms with van der Waals surface area (Å²) in [7, 11) is 0. The van der Waals surface area contributed by atoms with Crippen LogP contribution in [-0.2, 0) is 10.5 Å². The molecule has 1 aromatic rings. The second-order valence-corrected chi connectivity index (χ2v) is 3.41. The normalized spacial score (nSPS) is 25.5. The number of fused-ring (bicyclic) bond motifs is 1. The van der Waals surface area contributed by atoms with E-state index >= 15 is 0 Å². The van der Waals surface area contributed by atoms with E-state index in [1.807, 2.05) is 0 Å². The monoisotopic (exact) mass is 242 g/mol. The standard InChI is InChI=1S/C9H7BrO3/c10-5-9(12)7-4-2-1-3-6(7)8(11)13-9/h1-4,12H,5H2. The largest absolute Gasteiger partial charge is 0.424 e. The van der Waals surface area contributed by atoms with Crippen molar-refractivity contribution < 1.29 is 14.6 Å². The lowest BCUT2D eigenvalue weighted by Crippen LogP contribution is -2.27. The van der Waals surface area contributed by atoms with Gasteiger partial charge in [0.2, 0.25) is 5.79 Å². The van der Waals surface area contributed by atoms with Gasteiger partial charge in [0.25, 0.3) is 0 Å². The Morgan fingerprint density at radius 1 is 1.46 bits per heavy atom. The molecule has 3 nitrogen and oxygen atoms in total. The number of benzene rings is 1. The SMILES string of the molecule is O=C1OC(O)(CBr)c2ccccc21. The van der Waals surface area contributed by atoms with Crippen LogP contribution in [0.15, 0.2) is 24.3 Å². The van der Waals surface area contributed by atoms with Crippen LogP contribution < -0.4 is 0 Å². The van der Waals surface area contributed by atoms with Crippen molar-refractivity contribution >= 4 is 21.9 Å². The van der Waals surface area contributed by atoms with Gasteiger partial charge in [-0.15, -0.1) is 0 Å². The van der Waals surface area contributed by atoms with Crippen LogP contribution >= 0.6 is 15.9 Å². The predicted molar refractivity (Wildman–Crippen MR) is 49.5 cm³/mol. The Balaban J connectivity index is 2.59. The van der Waals surface area contributed by atoms with Gasteiger partial charge in [-0.3, -0.25) is 0 Å². The Morgan fingerprint density at radius 3 is 2.85 bits per heavy atom. The summed E-state index contributed by atoms with van der Waals surface area (Å²) in [6.07, 6.45) is 0. The topological polar surface area (TPSA) is 46.5 Å². The smallest absolute Gasteiger partial charge is 0.341 e. The van der Waals surface area contributed by atoms with Gasteiger partial charge in [0.05, 0.1) is 10.9 Å². The van der Waals surface area contributed by atoms with E-state index in [0.717, 1.165) is 0 Å². The summed E-state index contributed by atoms with van der Waals surface area (Å²) >= 11 is 3.10. The average Bonchev–Trinajstić information content (AvgIpc) is 2.42. The van der Waals surface area contributed by atoms with Gasteiger partial charge in [0.15, 0.2) is 0 Å². The maximum atomic E-state index is 11.2. The summed E-state index contributed by atoms with van der Waals surface area (Å²) < 4.78 is 4.84. The van der Waals surface area contributed by atoms with Crippen molar-refractivity contribution in [1.82, 2.24) is 0 Å². The lowest BCUT2D eigenvalue weighted by molar-refractivity contribution is -0.142. The molecule has 0 spiro atoms. The fraction of sp³-hybridized carbons (Fsp3) is 0.222. The maximum absolute atomic E-state index is 11.2. The van der Waals surface area contributed by atoms with Gasteiger partial charge in [0, 0.05) is 5.56 Å². The molecule has 0 saturated heterocycles. The van der Waals surface area contributed by atoms with Crippen LogP contribution in [0.5, 0.6) is 0 Å². The van der Waals surface area contributed by atoms with Crippen LogP contribution in [0.1, 0.15) is 15.9 Å². The second kappa shape index (κ2) is 2.82. The first-order valence-electron chi connectivity index (χ1n) is 3.78. The van der Waals surface area contributed by atoms with E-state index in [4.69, 9.17) is 4.74 Å². The van der Waals surface area contributed by atoms with Crippen molar-refractivity contribution in [3.63, 3.8) is 0 Å². The summed E-state index contributed by atoms with van der Waals surface area (Å²) in [5, 5.41) is 10.0. The molecule has 1 N–H and O–H groups in total. The maximum Gasteiger partial charge on any atom is 0.341 e.